The first kappa shape index (κ1) is 18.7. The molecule has 0 fully saturated rings. The van der Waals surface area contributed by atoms with Crippen LogP contribution in [0.15, 0.2) is 24.3 Å². The lowest BCUT2D eigenvalue weighted by molar-refractivity contribution is -0.141. The predicted molar refractivity (Wildman–Crippen MR) is 79.6 cm³/mol. The van der Waals surface area contributed by atoms with Crippen molar-refractivity contribution < 1.29 is 28.2 Å². The number of nitrogens with one attached hydrogen (secondary N) is 1. The van der Waals surface area contributed by atoms with E-state index in [1.807, 2.05) is 0 Å². The number of urea groups is 1. The fourth-order valence-electron chi connectivity index (χ4n) is 1.79. The molecule has 0 aromatic heterocycles. The molecule has 0 aliphatic rings. The summed E-state index contributed by atoms with van der Waals surface area (Å²) in [5, 5.41) is 11.4. The fourth-order valence-corrected chi connectivity index (χ4v) is 1.79. The highest BCUT2D eigenvalue weighted by molar-refractivity contribution is 5.75. The maximum absolute atomic E-state index is 12.1. The number of carboxylic acids is 1. The van der Waals surface area contributed by atoms with Crippen LogP contribution in [0.1, 0.15) is 12.5 Å². The molecule has 0 saturated carbocycles. The van der Waals surface area contributed by atoms with Crippen molar-refractivity contribution in [2.45, 2.75) is 19.9 Å². The van der Waals surface area contributed by atoms with Gasteiger partial charge in [-0.2, -0.15) is 0 Å². The summed E-state index contributed by atoms with van der Waals surface area (Å²) in [6.45, 7) is 1.08. The molecule has 0 radical (unpaired) electrons. The fraction of sp³-hybridized carbons (Fsp3) is 0.467. The molecule has 23 heavy (non-hydrogen) atoms. The van der Waals surface area contributed by atoms with Crippen LogP contribution in [-0.4, -0.2) is 48.6 Å². The summed E-state index contributed by atoms with van der Waals surface area (Å²) in [6, 6.07) is 6.04. The second kappa shape index (κ2) is 8.92. The number of amides is 2. The van der Waals surface area contributed by atoms with Gasteiger partial charge in [0.1, 0.15) is 12.4 Å². The van der Waals surface area contributed by atoms with Gasteiger partial charge >= 0.3 is 12.0 Å². The van der Waals surface area contributed by atoms with E-state index in [4.69, 9.17) is 9.84 Å². The lowest BCUT2D eigenvalue weighted by Gasteiger charge is -2.20. The van der Waals surface area contributed by atoms with Gasteiger partial charge in [0, 0.05) is 20.1 Å². The Bertz CT molecular complexity index is 540. The van der Waals surface area contributed by atoms with Gasteiger partial charge in [-0.3, -0.25) is 4.79 Å². The second-order valence-corrected chi connectivity index (χ2v) is 5.13. The molecule has 0 aliphatic carbocycles. The summed E-state index contributed by atoms with van der Waals surface area (Å²) in [5.74, 6) is -1.35. The molecule has 0 bridgehead atoms. The van der Waals surface area contributed by atoms with Gasteiger partial charge in [-0.25, -0.2) is 13.6 Å². The summed E-state index contributed by atoms with van der Waals surface area (Å²) in [4.78, 5) is 23.9. The zero-order valence-corrected chi connectivity index (χ0v) is 13.0. The highest BCUT2D eigenvalue weighted by Gasteiger charge is 2.17. The third-order valence-corrected chi connectivity index (χ3v) is 3.03. The Morgan fingerprint density at radius 2 is 2.09 bits per heavy atom. The number of nitrogens with zero attached hydrogens (tertiary/aromatic N) is 1. The number of halogens is 2. The number of hydrogen-bond acceptors (Lipinski definition) is 3. The molecule has 0 saturated heterocycles. The van der Waals surface area contributed by atoms with Crippen LogP contribution < -0.4 is 10.1 Å². The highest BCUT2D eigenvalue weighted by atomic mass is 19.3. The molecule has 1 rings (SSSR count). The number of carbonyl (C=O) groups excluding carboxylic acids is 1. The minimum Gasteiger partial charge on any atom is -0.488 e. The second-order valence-electron chi connectivity index (χ2n) is 5.13. The van der Waals surface area contributed by atoms with Crippen LogP contribution in [0.2, 0.25) is 0 Å². The average Bonchev–Trinajstić information content (AvgIpc) is 2.50. The standard InChI is InChI=1S/C15H20F2N2O4/c1-10(14(20)21)8-19(2)15(22)18-7-11-4-3-5-12(6-11)23-9-13(16)17/h3-6,10,13H,7-9H2,1-2H3,(H,18,22)(H,20,21). The van der Waals surface area contributed by atoms with E-state index in [2.05, 4.69) is 5.32 Å². The molecule has 1 aromatic carbocycles. The van der Waals surface area contributed by atoms with Crippen LogP contribution in [0.5, 0.6) is 5.75 Å². The molecule has 2 amide bonds. The topological polar surface area (TPSA) is 78.9 Å². The normalized spacial score (nSPS) is 11.9. The van der Waals surface area contributed by atoms with Crippen LogP contribution >= 0.6 is 0 Å². The van der Waals surface area contributed by atoms with Gasteiger partial charge in [0.2, 0.25) is 0 Å². The van der Waals surface area contributed by atoms with Gasteiger partial charge in [-0.15, -0.1) is 0 Å². The number of rotatable bonds is 8. The van der Waals surface area contributed by atoms with Crippen LogP contribution in [-0.2, 0) is 11.3 Å². The smallest absolute Gasteiger partial charge is 0.317 e. The van der Waals surface area contributed by atoms with E-state index in [0.29, 0.717) is 11.3 Å². The molecular formula is C15H20F2N2O4. The number of carbonyl (C=O) groups is 2. The SMILES string of the molecule is CC(CN(C)C(=O)NCc1cccc(OCC(F)F)c1)C(=O)O. The van der Waals surface area contributed by atoms with Crippen LogP contribution in [0.25, 0.3) is 0 Å². The van der Waals surface area contributed by atoms with Crippen molar-refractivity contribution in [1.29, 1.82) is 0 Å². The number of ether oxygens (including phenoxy) is 1. The van der Waals surface area contributed by atoms with Crippen LogP contribution in [0.4, 0.5) is 13.6 Å². The number of aliphatic carboxylic acids is 1. The minimum absolute atomic E-state index is 0.0820. The first-order chi connectivity index (χ1) is 10.8. The zero-order valence-electron chi connectivity index (χ0n) is 13.0. The third-order valence-electron chi connectivity index (χ3n) is 3.03. The molecule has 6 nitrogen and oxygen atoms in total. The molecule has 0 spiro atoms. The van der Waals surface area contributed by atoms with Gasteiger partial charge in [-0.1, -0.05) is 19.1 Å². The number of alkyl halides is 2. The van der Waals surface area contributed by atoms with E-state index in [9.17, 15) is 18.4 Å². The lowest BCUT2D eigenvalue weighted by Crippen LogP contribution is -2.40. The van der Waals surface area contributed by atoms with Crippen molar-refractivity contribution in [2.75, 3.05) is 20.2 Å². The van der Waals surface area contributed by atoms with Crippen LogP contribution in [0.3, 0.4) is 0 Å². The van der Waals surface area contributed by atoms with E-state index < -0.39 is 31.0 Å². The molecule has 128 valence electrons. The lowest BCUT2D eigenvalue weighted by atomic mass is 10.2. The molecule has 1 aromatic rings. The van der Waals surface area contributed by atoms with Crippen LogP contribution in [0, 0.1) is 5.92 Å². The monoisotopic (exact) mass is 330 g/mol. The van der Waals surface area contributed by atoms with Crippen molar-refractivity contribution in [3.63, 3.8) is 0 Å². The third kappa shape index (κ3) is 6.94. The maximum Gasteiger partial charge on any atom is 0.317 e. The number of carboxylic acid groups (broad SMARTS) is 1. The van der Waals surface area contributed by atoms with Crippen molar-refractivity contribution in [3.8, 4) is 5.75 Å². The van der Waals surface area contributed by atoms with E-state index in [1.54, 1.807) is 24.3 Å². The molecule has 0 aliphatic heterocycles. The highest BCUT2D eigenvalue weighted by Crippen LogP contribution is 2.14. The Morgan fingerprint density at radius 1 is 1.39 bits per heavy atom. The molecule has 1 unspecified atom stereocenters. The molecule has 8 heteroatoms. The van der Waals surface area contributed by atoms with E-state index in [0.717, 1.165) is 0 Å². The Hall–Kier alpha value is -2.38. The first-order valence-corrected chi connectivity index (χ1v) is 7.01. The summed E-state index contributed by atoms with van der Waals surface area (Å²) < 4.78 is 29.1. The van der Waals surface area contributed by atoms with E-state index in [-0.39, 0.29) is 13.1 Å². The molecular weight excluding hydrogens is 310 g/mol. The van der Waals surface area contributed by atoms with Gasteiger partial charge in [0.15, 0.2) is 0 Å². The summed E-state index contributed by atoms with van der Waals surface area (Å²) in [5.41, 5.74) is 0.685. The Labute approximate surface area is 133 Å². The van der Waals surface area contributed by atoms with Crippen molar-refractivity contribution in [3.05, 3.63) is 29.8 Å². The Morgan fingerprint density at radius 3 is 2.70 bits per heavy atom. The van der Waals surface area contributed by atoms with Gasteiger partial charge in [0.25, 0.3) is 6.43 Å². The van der Waals surface area contributed by atoms with Gasteiger partial charge in [-0.05, 0) is 17.7 Å². The van der Waals surface area contributed by atoms with E-state index in [1.165, 1.54) is 18.9 Å². The summed E-state index contributed by atoms with van der Waals surface area (Å²) >= 11 is 0. The zero-order chi connectivity index (χ0) is 17.4. The first-order valence-electron chi connectivity index (χ1n) is 7.01. The molecule has 1 atom stereocenters. The number of hydrogen-bond donors (Lipinski definition) is 2. The Balaban J connectivity index is 2.49. The summed E-state index contributed by atoms with van der Waals surface area (Å²) in [7, 11) is 1.50. The Kier molecular flexibility index (Phi) is 7.24. The van der Waals surface area contributed by atoms with Gasteiger partial charge in [0.05, 0.1) is 5.92 Å². The van der Waals surface area contributed by atoms with Crippen molar-refractivity contribution in [2.24, 2.45) is 5.92 Å². The quantitative estimate of drug-likeness (QED) is 0.766. The summed E-state index contributed by atoms with van der Waals surface area (Å²) in [6.07, 6.45) is -2.55. The van der Waals surface area contributed by atoms with Gasteiger partial charge < -0.3 is 20.1 Å². The van der Waals surface area contributed by atoms with Crippen molar-refractivity contribution in [1.82, 2.24) is 10.2 Å². The molecule has 2 N–H and O–H groups in total. The number of benzene rings is 1. The van der Waals surface area contributed by atoms with E-state index >= 15 is 0 Å². The maximum atomic E-state index is 12.1. The molecule has 0 heterocycles. The average molecular weight is 330 g/mol. The predicted octanol–water partition coefficient (Wildman–Crippen LogP) is 2.19. The van der Waals surface area contributed by atoms with Crippen molar-refractivity contribution >= 4 is 12.0 Å². The minimum atomic E-state index is -2.55. The largest absolute Gasteiger partial charge is 0.488 e.